The molecule has 0 spiro atoms. The Hall–Kier alpha value is -2.62. The van der Waals surface area contributed by atoms with E-state index in [2.05, 4.69) is 23.8 Å². The molecule has 0 bridgehead atoms. The molecule has 3 rings (SSSR count). The first-order chi connectivity index (χ1) is 14.6. The maximum atomic E-state index is 14.6. The average molecular weight is 409 g/mol. The number of benzene rings is 2. The number of hydrogen-bond donors (Lipinski definition) is 0. The van der Waals surface area contributed by atoms with Gasteiger partial charge < -0.3 is 0 Å². The summed E-state index contributed by atoms with van der Waals surface area (Å²) in [6.45, 7) is 4.31. The van der Waals surface area contributed by atoms with Crippen LogP contribution in [0.2, 0.25) is 0 Å². The molecule has 2 nitrogen and oxygen atoms in total. The largest absolute Gasteiger partial charge is 0.236 e. The van der Waals surface area contributed by atoms with Crippen LogP contribution in [0.3, 0.4) is 0 Å². The van der Waals surface area contributed by atoms with E-state index in [1.807, 2.05) is 12.1 Å². The van der Waals surface area contributed by atoms with Crippen LogP contribution >= 0.6 is 0 Å². The van der Waals surface area contributed by atoms with Gasteiger partial charge in [-0.2, -0.15) is 0 Å². The Balaban J connectivity index is 1.73. The van der Waals surface area contributed by atoms with E-state index in [1.54, 1.807) is 36.7 Å². The lowest BCUT2D eigenvalue weighted by Crippen LogP contribution is -1.96. The highest BCUT2D eigenvalue weighted by Gasteiger charge is 2.12. The van der Waals surface area contributed by atoms with Gasteiger partial charge in [-0.3, -0.25) is 0 Å². The van der Waals surface area contributed by atoms with Gasteiger partial charge in [0.15, 0.2) is 5.82 Å². The van der Waals surface area contributed by atoms with Crippen LogP contribution in [0.15, 0.2) is 48.8 Å². The van der Waals surface area contributed by atoms with Crippen molar-refractivity contribution in [3.8, 4) is 22.5 Å². The molecule has 158 valence electrons. The molecule has 0 saturated heterocycles. The van der Waals surface area contributed by atoms with E-state index in [-0.39, 0.29) is 11.6 Å². The second kappa shape index (κ2) is 11.0. The first-order valence-electron chi connectivity index (χ1n) is 11.0. The first kappa shape index (κ1) is 22.1. The van der Waals surface area contributed by atoms with E-state index < -0.39 is 0 Å². The van der Waals surface area contributed by atoms with Crippen molar-refractivity contribution >= 4 is 0 Å². The minimum Gasteiger partial charge on any atom is -0.236 e. The van der Waals surface area contributed by atoms with E-state index in [9.17, 15) is 8.78 Å². The van der Waals surface area contributed by atoms with Gasteiger partial charge in [0.25, 0.3) is 0 Å². The summed E-state index contributed by atoms with van der Waals surface area (Å²) in [7, 11) is 0. The standard InChI is InChI=1S/C26H30F2N2/c1-3-5-7-9-19-11-13-22(24(27)15-19)21-17-29-26(30-18-21)23-14-12-20(16-25(23)28)10-8-6-4-2/h11-18H,3-10H2,1-2H3. The van der Waals surface area contributed by atoms with Gasteiger partial charge in [0, 0.05) is 23.5 Å². The number of unbranched alkanes of at least 4 members (excludes halogenated alkanes) is 4. The molecule has 0 aliphatic carbocycles. The van der Waals surface area contributed by atoms with Gasteiger partial charge in [-0.1, -0.05) is 57.7 Å². The maximum Gasteiger partial charge on any atom is 0.162 e. The maximum absolute atomic E-state index is 14.6. The fraction of sp³-hybridized carbons (Fsp3) is 0.385. The van der Waals surface area contributed by atoms with Crippen LogP contribution in [-0.4, -0.2) is 9.97 Å². The summed E-state index contributed by atoms with van der Waals surface area (Å²) in [5, 5.41) is 0. The third-order valence-corrected chi connectivity index (χ3v) is 5.41. The summed E-state index contributed by atoms with van der Waals surface area (Å²) in [6, 6.07) is 10.6. The lowest BCUT2D eigenvalue weighted by molar-refractivity contribution is 0.624. The van der Waals surface area contributed by atoms with Crippen molar-refractivity contribution in [2.45, 2.75) is 65.2 Å². The highest BCUT2D eigenvalue weighted by Crippen LogP contribution is 2.26. The predicted octanol–water partition coefficient (Wildman–Crippen LogP) is 7.55. The Labute approximate surface area is 178 Å². The predicted molar refractivity (Wildman–Crippen MR) is 119 cm³/mol. The van der Waals surface area contributed by atoms with Crippen molar-refractivity contribution in [3.63, 3.8) is 0 Å². The van der Waals surface area contributed by atoms with Crippen LogP contribution in [-0.2, 0) is 12.8 Å². The van der Waals surface area contributed by atoms with Gasteiger partial charge in [0.05, 0.1) is 5.56 Å². The Morgan fingerprint density at radius 2 is 1.17 bits per heavy atom. The molecule has 0 unspecified atom stereocenters. The lowest BCUT2D eigenvalue weighted by Gasteiger charge is -2.08. The lowest BCUT2D eigenvalue weighted by atomic mass is 10.0. The molecule has 1 aromatic heterocycles. The number of hydrogen-bond acceptors (Lipinski definition) is 2. The van der Waals surface area contributed by atoms with Crippen molar-refractivity contribution < 1.29 is 8.78 Å². The van der Waals surface area contributed by atoms with E-state index >= 15 is 0 Å². The zero-order valence-electron chi connectivity index (χ0n) is 17.9. The molecule has 4 heteroatoms. The van der Waals surface area contributed by atoms with E-state index in [0.29, 0.717) is 22.5 Å². The van der Waals surface area contributed by atoms with Crippen LogP contribution in [0.5, 0.6) is 0 Å². The highest BCUT2D eigenvalue weighted by molar-refractivity contribution is 5.65. The van der Waals surface area contributed by atoms with E-state index in [0.717, 1.165) is 62.5 Å². The molecule has 0 aliphatic rings. The summed E-state index contributed by atoms with van der Waals surface area (Å²) in [4.78, 5) is 8.60. The normalized spacial score (nSPS) is 11.1. The molecular formula is C26H30F2N2. The van der Waals surface area contributed by atoms with Crippen molar-refractivity contribution in [1.29, 1.82) is 0 Å². The van der Waals surface area contributed by atoms with Crippen LogP contribution in [0.4, 0.5) is 8.78 Å². The summed E-state index contributed by atoms with van der Waals surface area (Å²) in [5.41, 5.74) is 3.42. The van der Waals surface area contributed by atoms with Gasteiger partial charge in [-0.25, -0.2) is 18.7 Å². The number of rotatable bonds is 10. The van der Waals surface area contributed by atoms with Crippen LogP contribution in [0, 0.1) is 11.6 Å². The SMILES string of the molecule is CCCCCc1ccc(-c2cnc(-c3ccc(CCCCC)cc3F)nc2)c(F)c1. The monoisotopic (exact) mass is 408 g/mol. The minimum atomic E-state index is -0.320. The Morgan fingerprint density at radius 1 is 0.667 bits per heavy atom. The second-order valence-electron chi connectivity index (χ2n) is 7.84. The van der Waals surface area contributed by atoms with Gasteiger partial charge in [0.2, 0.25) is 0 Å². The number of aryl methyl sites for hydroxylation is 2. The molecule has 0 atom stereocenters. The third kappa shape index (κ3) is 5.71. The van der Waals surface area contributed by atoms with Crippen molar-refractivity contribution in [3.05, 3.63) is 71.6 Å². The van der Waals surface area contributed by atoms with Gasteiger partial charge in [0.1, 0.15) is 11.6 Å². The number of aromatic nitrogens is 2. The summed E-state index contributed by atoms with van der Waals surface area (Å²) < 4.78 is 29.2. The Bertz CT molecular complexity index is 873. The summed E-state index contributed by atoms with van der Waals surface area (Å²) in [5.74, 6) is -0.282. The van der Waals surface area contributed by atoms with Gasteiger partial charge in [-0.05, 0) is 55.0 Å². The molecule has 0 amide bonds. The molecule has 2 aromatic carbocycles. The molecule has 0 aliphatic heterocycles. The van der Waals surface area contributed by atoms with E-state index in [4.69, 9.17) is 0 Å². The van der Waals surface area contributed by atoms with Crippen LogP contribution in [0.25, 0.3) is 22.5 Å². The van der Waals surface area contributed by atoms with Crippen LogP contribution < -0.4 is 0 Å². The zero-order valence-corrected chi connectivity index (χ0v) is 17.9. The topological polar surface area (TPSA) is 25.8 Å². The van der Waals surface area contributed by atoms with E-state index in [1.165, 1.54) is 0 Å². The Kier molecular flexibility index (Phi) is 8.06. The molecule has 0 N–H and O–H groups in total. The van der Waals surface area contributed by atoms with Crippen molar-refractivity contribution in [1.82, 2.24) is 9.97 Å². The van der Waals surface area contributed by atoms with Crippen molar-refractivity contribution in [2.75, 3.05) is 0 Å². The Morgan fingerprint density at radius 3 is 1.63 bits per heavy atom. The van der Waals surface area contributed by atoms with Gasteiger partial charge >= 0.3 is 0 Å². The molecule has 1 heterocycles. The first-order valence-corrected chi connectivity index (χ1v) is 11.0. The highest BCUT2D eigenvalue weighted by atomic mass is 19.1. The summed E-state index contributed by atoms with van der Waals surface area (Å²) >= 11 is 0. The fourth-order valence-corrected chi connectivity index (χ4v) is 3.61. The van der Waals surface area contributed by atoms with Crippen LogP contribution in [0.1, 0.15) is 63.5 Å². The third-order valence-electron chi connectivity index (χ3n) is 5.41. The number of nitrogens with zero attached hydrogens (tertiary/aromatic N) is 2. The molecule has 3 aromatic rings. The molecule has 0 fully saturated rings. The van der Waals surface area contributed by atoms with Crippen molar-refractivity contribution in [2.24, 2.45) is 0 Å². The molecular weight excluding hydrogens is 378 g/mol. The average Bonchev–Trinajstić information content (AvgIpc) is 2.75. The minimum absolute atomic E-state index is 0.275. The zero-order chi connectivity index (χ0) is 21.3. The van der Waals surface area contributed by atoms with Gasteiger partial charge in [-0.15, -0.1) is 0 Å². The molecule has 0 saturated carbocycles. The fourth-order valence-electron chi connectivity index (χ4n) is 3.61. The summed E-state index contributed by atoms with van der Waals surface area (Å²) in [6.07, 6.45) is 11.6. The smallest absolute Gasteiger partial charge is 0.162 e. The number of halogens is 2. The quantitative estimate of drug-likeness (QED) is 0.324. The second-order valence-corrected chi connectivity index (χ2v) is 7.84. The molecule has 0 radical (unpaired) electrons. The molecule has 30 heavy (non-hydrogen) atoms.